The van der Waals surface area contributed by atoms with E-state index in [1.165, 1.54) is 12.1 Å². The molecule has 24 heavy (non-hydrogen) atoms. The lowest BCUT2D eigenvalue weighted by Crippen LogP contribution is -2.39. The van der Waals surface area contributed by atoms with Crippen molar-refractivity contribution in [1.82, 2.24) is 0 Å². The minimum absolute atomic E-state index is 0.101. The minimum Gasteiger partial charge on any atom is -0.480 e. The molecule has 0 amide bonds. The average molecular weight is 345 g/mol. The average Bonchev–Trinajstić information content (AvgIpc) is 3.17. The molecule has 2 aromatic rings. The number of benzene rings is 2. The first-order chi connectivity index (χ1) is 11.2. The lowest BCUT2D eigenvalue weighted by atomic mass is 10.1. The van der Waals surface area contributed by atoms with Gasteiger partial charge in [-0.05, 0) is 31.5 Å². The molecule has 3 atom stereocenters. The highest BCUT2D eigenvalue weighted by Crippen LogP contribution is 2.55. The maximum absolute atomic E-state index is 12.9. The Morgan fingerprint density at radius 3 is 1.92 bits per heavy atom. The van der Waals surface area contributed by atoms with Gasteiger partial charge in [-0.2, -0.15) is 0 Å². The van der Waals surface area contributed by atoms with Gasteiger partial charge >= 0.3 is 5.97 Å². The molecule has 0 bridgehead atoms. The van der Waals surface area contributed by atoms with E-state index in [0.717, 1.165) is 11.1 Å². The SMILES string of the molecule is Cc1ccc([C@H]2[C@@H](S(=O)(=O)c3ccc(C)cc3)[C@@]2(N)C(=O)O)cc1. The maximum Gasteiger partial charge on any atom is 0.325 e. The summed E-state index contributed by atoms with van der Waals surface area (Å²) in [5.41, 5.74) is 6.78. The molecule has 1 saturated carbocycles. The molecule has 1 aliphatic carbocycles. The van der Waals surface area contributed by atoms with Crippen LogP contribution in [0.3, 0.4) is 0 Å². The van der Waals surface area contributed by atoms with Crippen molar-refractivity contribution in [2.75, 3.05) is 0 Å². The van der Waals surface area contributed by atoms with E-state index in [2.05, 4.69) is 0 Å². The molecule has 5 nitrogen and oxygen atoms in total. The van der Waals surface area contributed by atoms with Gasteiger partial charge in [-0.25, -0.2) is 8.42 Å². The van der Waals surface area contributed by atoms with E-state index in [1.54, 1.807) is 24.3 Å². The van der Waals surface area contributed by atoms with Crippen LogP contribution >= 0.6 is 0 Å². The van der Waals surface area contributed by atoms with Crippen LogP contribution in [0, 0.1) is 13.8 Å². The van der Waals surface area contributed by atoms with Crippen molar-refractivity contribution >= 4 is 15.8 Å². The Labute approximate surface area is 141 Å². The van der Waals surface area contributed by atoms with Crippen LogP contribution in [0.15, 0.2) is 53.4 Å². The minimum atomic E-state index is -3.85. The number of carboxylic acids is 1. The van der Waals surface area contributed by atoms with E-state index in [4.69, 9.17) is 5.73 Å². The van der Waals surface area contributed by atoms with Crippen LogP contribution in [-0.4, -0.2) is 30.3 Å². The lowest BCUT2D eigenvalue weighted by molar-refractivity contribution is -0.139. The summed E-state index contributed by atoms with van der Waals surface area (Å²) in [5, 5.41) is 8.36. The molecule has 0 saturated heterocycles. The molecule has 0 unspecified atom stereocenters. The monoisotopic (exact) mass is 345 g/mol. The van der Waals surface area contributed by atoms with Gasteiger partial charge < -0.3 is 10.8 Å². The Kier molecular flexibility index (Phi) is 3.77. The standard InChI is InChI=1S/C18H19NO4S/c1-11-3-7-13(8-4-11)15-16(18(15,19)17(20)21)24(22,23)14-9-5-12(2)6-10-14/h3-10,15-16H,19H2,1-2H3,(H,20,21)/t15-,16+,18+/m0/s1. The first-order valence-electron chi connectivity index (χ1n) is 7.58. The Morgan fingerprint density at radius 1 is 1.00 bits per heavy atom. The van der Waals surface area contributed by atoms with Crippen molar-refractivity contribution in [2.24, 2.45) is 5.73 Å². The second-order valence-corrected chi connectivity index (χ2v) is 8.47. The predicted molar refractivity (Wildman–Crippen MR) is 90.6 cm³/mol. The molecule has 0 aliphatic heterocycles. The number of carbonyl (C=O) groups is 1. The van der Waals surface area contributed by atoms with Gasteiger partial charge in [-0.1, -0.05) is 47.5 Å². The molecule has 6 heteroatoms. The Morgan fingerprint density at radius 2 is 1.46 bits per heavy atom. The Bertz CT molecular complexity index is 888. The van der Waals surface area contributed by atoms with Gasteiger partial charge in [0.05, 0.1) is 4.90 Å². The molecule has 1 aliphatic rings. The molecule has 0 spiro atoms. The fourth-order valence-corrected chi connectivity index (χ4v) is 5.40. The van der Waals surface area contributed by atoms with Crippen LogP contribution < -0.4 is 5.73 Å². The van der Waals surface area contributed by atoms with Crippen molar-refractivity contribution in [3.05, 3.63) is 65.2 Å². The smallest absolute Gasteiger partial charge is 0.325 e. The van der Waals surface area contributed by atoms with Crippen LogP contribution in [-0.2, 0) is 14.6 Å². The molecule has 1 fully saturated rings. The van der Waals surface area contributed by atoms with Gasteiger partial charge in [0.1, 0.15) is 10.8 Å². The summed E-state index contributed by atoms with van der Waals surface area (Å²) in [4.78, 5) is 11.8. The summed E-state index contributed by atoms with van der Waals surface area (Å²) in [6, 6.07) is 13.5. The third-order valence-electron chi connectivity index (χ3n) is 4.67. The predicted octanol–water partition coefficient (Wildman–Crippen LogP) is 2.03. The number of rotatable bonds is 4. The van der Waals surface area contributed by atoms with Crippen LogP contribution in [0.4, 0.5) is 0 Å². The number of nitrogens with two attached hydrogens (primary N) is 1. The highest BCUT2D eigenvalue weighted by atomic mass is 32.2. The quantitative estimate of drug-likeness (QED) is 0.883. The molecule has 3 N–H and O–H groups in total. The molecule has 0 aromatic heterocycles. The van der Waals surface area contributed by atoms with Crippen molar-refractivity contribution in [3.8, 4) is 0 Å². The summed E-state index contributed by atoms with van der Waals surface area (Å²) in [7, 11) is -3.85. The third kappa shape index (κ3) is 2.42. The number of sulfone groups is 1. The zero-order chi connectivity index (χ0) is 17.7. The van der Waals surface area contributed by atoms with Crippen molar-refractivity contribution in [1.29, 1.82) is 0 Å². The number of hydrogen-bond acceptors (Lipinski definition) is 4. The summed E-state index contributed by atoms with van der Waals surface area (Å²) in [5.74, 6) is -2.06. The van der Waals surface area contributed by atoms with E-state index in [1.807, 2.05) is 26.0 Å². The fraction of sp³-hybridized carbons (Fsp3) is 0.278. The first kappa shape index (κ1) is 16.7. The second-order valence-electron chi connectivity index (χ2n) is 6.41. The van der Waals surface area contributed by atoms with Crippen LogP contribution in [0.2, 0.25) is 0 Å². The van der Waals surface area contributed by atoms with Crippen LogP contribution in [0.25, 0.3) is 0 Å². The van der Waals surface area contributed by atoms with E-state index >= 15 is 0 Å². The summed E-state index contributed by atoms with van der Waals surface area (Å²) in [6.07, 6.45) is 0. The fourth-order valence-electron chi connectivity index (χ4n) is 3.16. The lowest BCUT2D eigenvalue weighted by Gasteiger charge is -2.07. The molecule has 126 valence electrons. The zero-order valence-corrected chi connectivity index (χ0v) is 14.2. The van der Waals surface area contributed by atoms with Crippen LogP contribution in [0.1, 0.15) is 22.6 Å². The van der Waals surface area contributed by atoms with Gasteiger partial charge in [0, 0.05) is 5.92 Å². The number of carboxylic acid groups (broad SMARTS) is 1. The molecular weight excluding hydrogens is 326 g/mol. The van der Waals surface area contributed by atoms with Gasteiger partial charge in [0.2, 0.25) is 0 Å². The van der Waals surface area contributed by atoms with Crippen molar-refractivity contribution in [2.45, 2.75) is 35.4 Å². The highest BCUT2D eigenvalue weighted by molar-refractivity contribution is 7.92. The van der Waals surface area contributed by atoms with Gasteiger partial charge in [-0.15, -0.1) is 0 Å². The van der Waals surface area contributed by atoms with Crippen molar-refractivity contribution in [3.63, 3.8) is 0 Å². The highest BCUT2D eigenvalue weighted by Gasteiger charge is 2.74. The number of aliphatic carboxylic acids is 1. The van der Waals surface area contributed by atoms with E-state index in [-0.39, 0.29) is 4.90 Å². The van der Waals surface area contributed by atoms with Crippen molar-refractivity contribution < 1.29 is 18.3 Å². The van der Waals surface area contributed by atoms with E-state index in [0.29, 0.717) is 5.56 Å². The van der Waals surface area contributed by atoms with E-state index < -0.39 is 32.5 Å². The summed E-state index contributed by atoms with van der Waals surface area (Å²) < 4.78 is 25.9. The first-order valence-corrected chi connectivity index (χ1v) is 9.13. The molecular formula is C18H19NO4S. The second kappa shape index (κ2) is 5.43. The summed E-state index contributed by atoms with van der Waals surface area (Å²) >= 11 is 0. The van der Waals surface area contributed by atoms with Gasteiger partial charge in [-0.3, -0.25) is 4.79 Å². The molecule has 2 aromatic carbocycles. The topological polar surface area (TPSA) is 97.5 Å². The summed E-state index contributed by atoms with van der Waals surface area (Å²) in [6.45, 7) is 3.76. The zero-order valence-electron chi connectivity index (χ0n) is 13.4. The molecule has 3 rings (SSSR count). The molecule has 0 heterocycles. The van der Waals surface area contributed by atoms with Gasteiger partial charge in [0.25, 0.3) is 0 Å². The molecule has 0 radical (unpaired) electrons. The number of hydrogen-bond donors (Lipinski definition) is 2. The maximum atomic E-state index is 12.9. The Hall–Kier alpha value is -2.18. The van der Waals surface area contributed by atoms with E-state index in [9.17, 15) is 18.3 Å². The largest absolute Gasteiger partial charge is 0.480 e. The number of aryl methyl sites for hydroxylation is 2. The normalized spacial score (nSPS) is 26.1. The van der Waals surface area contributed by atoms with Crippen LogP contribution in [0.5, 0.6) is 0 Å². The third-order valence-corrected chi connectivity index (χ3v) is 6.93. The van der Waals surface area contributed by atoms with Gasteiger partial charge in [0.15, 0.2) is 9.84 Å². The Balaban J connectivity index is 2.06.